The summed E-state index contributed by atoms with van der Waals surface area (Å²) in [6.07, 6.45) is 0. The molecule has 0 aromatic heterocycles. The summed E-state index contributed by atoms with van der Waals surface area (Å²) >= 11 is 0. The maximum absolute atomic E-state index is 12.6. The standard InChI is InChI=1S/C20H24N2O3/c1-14-12-16(8-11-18(14)22(24)25)19(23)21(5)13-15-6-9-17(10-7-15)20(2,3)4/h6-12H,13H2,1-5H3. The van der Waals surface area contributed by atoms with Crippen molar-refractivity contribution >= 4 is 11.6 Å². The Labute approximate surface area is 148 Å². The topological polar surface area (TPSA) is 63.5 Å². The summed E-state index contributed by atoms with van der Waals surface area (Å²) in [5.74, 6) is -0.155. The van der Waals surface area contributed by atoms with E-state index in [2.05, 4.69) is 32.9 Å². The van der Waals surface area contributed by atoms with Gasteiger partial charge in [0.2, 0.25) is 0 Å². The third-order valence-corrected chi connectivity index (χ3v) is 4.23. The molecule has 2 aromatic rings. The Morgan fingerprint density at radius 3 is 2.20 bits per heavy atom. The average molecular weight is 340 g/mol. The van der Waals surface area contributed by atoms with Gasteiger partial charge in [-0.25, -0.2) is 0 Å². The minimum atomic E-state index is -0.440. The first kappa shape index (κ1) is 18.6. The summed E-state index contributed by atoms with van der Waals surface area (Å²) in [4.78, 5) is 24.6. The van der Waals surface area contributed by atoms with Gasteiger partial charge in [0.05, 0.1) is 4.92 Å². The molecule has 0 aliphatic rings. The molecule has 0 aliphatic carbocycles. The van der Waals surface area contributed by atoms with E-state index in [0.717, 1.165) is 5.56 Å². The van der Waals surface area contributed by atoms with Crippen LogP contribution < -0.4 is 0 Å². The van der Waals surface area contributed by atoms with Gasteiger partial charge in [-0.1, -0.05) is 45.0 Å². The zero-order chi connectivity index (χ0) is 18.8. The third-order valence-electron chi connectivity index (χ3n) is 4.23. The Balaban J connectivity index is 2.12. The van der Waals surface area contributed by atoms with Crippen molar-refractivity contribution in [2.45, 2.75) is 39.7 Å². The van der Waals surface area contributed by atoms with Crippen molar-refractivity contribution in [1.82, 2.24) is 4.90 Å². The zero-order valence-corrected chi connectivity index (χ0v) is 15.4. The van der Waals surface area contributed by atoms with E-state index in [0.29, 0.717) is 17.7 Å². The molecule has 0 unspecified atom stereocenters. The van der Waals surface area contributed by atoms with Gasteiger partial charge in [-0.15, -0.1) is 0 Å². The minimum Gasteiger partial charge on any atom is -0.337 e. The lowest BCUT2D eigenvalue weighted by Crippen LogP contribution is -2.26. The van der Waals surface area contributed by atoms with Gasteiger partial charge < -0.3 is 4.90 Å². The van der Waals surface area contributed by atoms with Crippen LogP contribution in [-0.4, -0.2) is 22.8 Å². The second-order valence-corrected chi connectivity index (χ2v) is 7.37. The van der Waals surface area contributed by atoms with Crippen LogP contribution in [0.5, 0.6) is 0 Å². The number of aryl methyl sites for hydroxylation is 1. The van der Waals surface area contributed by atoms with Gasteiger partial charge in [0, 0.05) is 30.8 Å². The van der Waals surface area contributed by atoms with E-state index >= 15 is 0 Å². The molecule has 0 fully saturated rings. The molecule has 0 bridgehead atoms. The number of nitrogens with zero attached hydrogens (tertiary/aromatic N) is 2. The first-order chi connectivity index (χ1) is 11.6. The largest absolute Gasteiger partial charge is 0.337 e. The van der Waals surface area contributed by atoms with Crippen molar-refractivity contribution in [2.75, 3.05) is 7.05 Å². The summed E-state index contributed by atoms with van der Waals surface area (Å²) in [5, 5.41) is 10.9. The average Bonchev–Trinajstić information content (AvgIpc) is 2.53. The number of carbonyl (C=O) groups is 1. The number of hydrogen-bond donors (Lipinski definition) is 0. The molecule has 1 amide bonds. The molecule has 0 saturated heterocycles. The van der Waals surface area contributed by atoms with Crippen molar-refractivity contribution < 1.29 is 9.72 Å². The van der Waals surface area contributed by atoms with Crippen molar-refractivity contribution in [3.05, 3.63) is 74.8 Å². The summed E-state index contributed by atoms with van der Waals surface area (Å²) < 4.78 is 0. The monoisotopic (exact) mass is 340 g/mol. The van der Waals surface area contributed by atoms with Crippen LogP contribution in [0.3, 0.4) is 0 Å². The smallest absolute Gasteiger partial charge is 0.272 e. The highest BCUT2D eigenvalue weighted by Gasteiger charge is 2.17. The van der Waals surface area contributed by atoms with Gasteiger partial charge in [-0.2, -0.15) is 0 Å². The second kappa shape index (κ2) is 7.05. The lowest BCUT2D eigenvalue weighted by atomic mass is 9.87. The van der Waals surface area contributed by atoms with E-state index in [1.165, 1.54) is 17.7 Å². The zero-order valence-electron chi connectivity index (χ0n) is 15.4. The predicted octanol–water partition coefficient (Wildman–Crippen LogP) is 4.47. The van der Waals surface area contributed by atoms with Crippen LogP contribution in [0.25, 0.3) is 0 Å². The molecule has 2 aromatic carbocycles. The van der Waals surface area contributed by atoms with Crippen LogP contribution in [0.2, 0.25) is 0 Å². The van der Waals surface area contributed by atoms with Crippen LogP contribution in [0, 0.1) is 17.0 Å². The molecule has 5 heteroatoms. The SMILES string of the molecule is Cc1cc(C(=O)N(C)Cc2ccc(C(C)(C)C)cc2)ccc1[N+](=O)[O-]. The normalized spacial score (nSPS) is 11.2. The van der Waals surface area contributed by atoms with E-state index in [4.69, 9.17) is 0 Å². The third kappa shape index (κ3) is 4.44. The van der Waals surface area contributed by atoms with Crippen LogP contribution in [0.4, 0.5) is 5.69 Å². The lowest BCUT2D eigenvalue weighted by Gasteiger charge is -2.21. The fraction of sp³-hybridized carbons (Fsp3) is 0.350. The predicted molar refractivity (Wildman–Crippen MR) is 98.8 cm³/mol. The van der Waals surface area contributed by atoms with Crippen LogP contribution >= 0.6 is 0 Å². The molecule has 0 saturated carbocycles. The summed E-state index contributed by atoms with van der Waals surface area (Å²) in [7, 11) is 1.73. The summed E-state index contributed by atoms with van der Waals surface area (Å²) in [6, 6.07) is 12.7. The number of carbonyl (C=O) groups excluding carboxylic acids is 1. The van der Waals surface area contributed by atoms with Gasteiger partial charge in [0.25, 0.3) is 11.6 Å². The Morgan fingerprint density at radius 2 is 1.72 bits per heavy atom. The fourth-order valence-electron chi connectivity index (χ4n) is 2.67. The van der Waals surface area contributed by atoms with Gasteiger partial charge >= 0.3 is 0 Å². The van der Waals surface area contributed by atoms with E-state index in [-0.39, 0.29) is 17.0 Å². The number of rotatable bonds is 4. The molecule has 132 valence electrons. The molecule has 0 radical (unpaired) electrons. The van der Waals surface area contributed by atoms with Gasteiger partial charge in [0.1, 0.15) is 0 Å². The van der Waals surface area contributed by atoms with Crippen molar-refractivity contribution in [1.29, 1.82) is 0 Å². The molecule has 0 N–H and O–H groups in total. The molecule has 0 aliphatic heterocycles. The summed E-state index contributed by atoms with van der Waals surface area (Å²) in [6.45, 7) is 8.61. The van der Waals surface area contributed by atoms with Crippen molar-refractivity contribution in [3.8, 4) is 0 Å². The van der Waals surface area contributed by atoms with Crippen LogP contribution in [0.1, 0.15) is 47.8 Å². The lowest BCUT2D eigenvalue weighted by molar-refractivity contribution is -0.385. The Kier molecular flexibility index (Phi) is 5.26. The first-order valence-corrected chi connectivity index (χ1v) is 8.19. The molecule has 0 spiro atoms. The Bertz CT molecular complexity index is 790. The highest BCUT2D eigenvalue weighted by Crippen LogP contribution is 2.23. The van der Waals surface area contributed by atoms with Crippen LogP contribution in [-0.2, 0) is 12.0 Å². The van der Waals surface area contributed by atoms with E-state index in [9.17, 15) is 14.9 Å². The fourth-order valence-corrected chi connectivity index (χ4v) is 2.67. The molecular formula is C20H24N2O3. The highest BCUT2D eigenvalue weighted by molar-refractivity contribution is 5.94. The van der Waals surface area contributed by atoms with E-state index in [1.54, 1.807) is 24.9 Å². The number of benzene rings is 2. The number of hydrogen-bond acceptors (Lipinski definition) is 3. The maximum atomic E-state index is 12.6. The number of amides is 1. The molecule has 25 heavy (non-hydrogen) atoms. The Hall–Kier alpha value is -2.69. The number of nitro benzene ring substituents is 1. The van der Waals surface area contributed by atoms with Gasteiger partial charge in [-0.05, 0) is 35.6 Å². The molecule has 2 rings (SSSR count). The Morgan fingerprint density at radius 1 is 1.12 bits per heavy atom. The van der Waals surface area contributed by atoms with E-state index in [1.807, 2.05) is 12.1 Å². The van der Waals surface area contributed by atoms with E-state index < -0.39 is 4.92 Å². The van der Waals surface area contributed by atoms with Gasteiger partial charge in [0.15, 0.2) is 0 Å². The highest BCUT2D eigenvalue weighted by atomic mass is 16.6. The van der Waals surface area contributed by atoms with Crippen molar-refractivity contribution in [2.24, 2.45) is 0 Å². The quantitative estimate of drug-likeness (QED) is 0.609. The van der Waals surface area contributed by atoms with Crippen LogP contribution in [0.15, 0.2) is 42.5 Å². The molecular weight excluding hydrogens is 316 g/mol. The number of nitro groups is 1. The minimum absolute atomic E-state index is 0.0250. The molecule has 0 heterocycles. The van der Waals surface area contributed by atoms with Gasteiger partial charge in [-0.3, -0.25) is 14.9 Å². The first-order valence-electron chi connectivity index (χ1n) is 8.19. The summed E-state index contributed by atoms with van der Waals surface area (Å²) in [5.41, 5.74) is 3.35. The molecule has 5 nitrogen and oxygen atoms in total. The molecule has 0 atom stereocenters. The maximum Gasteiger partial charge on any atom is 0.272 e. The van der Waals surface area contributed by atoms with Crippen molar-refractivity contribution in [3.63, 3.8) is 0 Å². The second-order valence-electron chi connectivity index (χ2n) is 7.37.